The lowest BCUT2D eigenvalue weighted by atomic mass is 10.2. The number of anilines is 2. The van der Waals surface area contributed by atoms with Gasteiger partial charge in [-0.3, -0.25) is 19.1 Å². The minimum atomic E-state index is -0.280. The number of hydrogen-bond acceptors (Lipinski definition) is 5. The second-order valence-corrected chi connectivity index (χ2v) is 8.53. The van der Waals surface area contributed by atoms with Crippen LogP contribution >= 0.6 is 46.1 Å². The smallest absolute Gasteiger partial charge is 0.261 e. The lowest BCUT2D eigenvalue weighted by Gasteiger charge is -2.18. The Bertz CT molecular complexity index is 1340. The molecule has 0 aliphatic rings. The second kappa shape index (κ2) is 8.35. The fourth-order valence-electron chi connectivity index (χ4n) is 3.00. The molecule has 0 fully saturated rings. The molecule has 2 aromatic carbocycles. The minimum absolute atomic E-state index is 0.184. The van der Waals surface area contributed by atoms with Crippen molar-refractivity contribution in [2.75, 3.05) is 4.90 Å². The molecule has 2 aromatic heterocycles. The molecule has 2 heterocycles. The van der Waals surface area contributed by atoms with Gasteiger partial charge in [0.1, 0.15) is 0 Å². The van der Waals surface area contributed by atoms with Crippen molar-refractivity contribution in [3.8, 4) is 0 Å². The maximum Gasteiger partial charge on any atom is 0.261 e. The van der Waals surface area contributed by atoms with Crippen LogP contribution in [0.15, 0.2) is 52.9 Å². The van der Waals surface area contributed by atoms with Crippen molar-refractivity contribution in [3.63, 3.8) is 0 Å². The SMILES string of the molecule is CC(=O)N(c1cccc(Cl)c1)c1nc(Cn2cnc3c(Cl)cc(Cl)cc3c2=O)cs1. The number of hydrogen-bond donors (Lipinski definition) is 0. The van der Waals surface area contributed by atoms with Crippen LogP contribution in [0.1, 0.15) is 12.6 Å². The summed E-state index contributed by atoms with van der Waals surface area (Å²) in [6.07, 6.45) is 1.42. The summed E-state index contributed by atoms with van der Waals surface area (Å²) in [6, 6.07) is 10.0. The van der Waals surface area contributed by atoms with Gasteiger partial charge in [-0.25, -0.2) is 9.97 Å². The van der Waals surface area contributed by atoms with Gasteiger partial charge >= 0.3 is 0 Å². The highest BCUT2D eigenvalue weighted by atomic mass is 35.5. The molecule has 0 N–H and O–H groups in total. The van der Waals surface area contributed by atoms with Crippen molar-refractivity contribution in [1.82, 2.24) is 14.5 Å². The average molecular weight is 480 g/mol. The number of carbonyl (C=O) groups is 1. The van der Waals surface area contributed by atoms with E-state index in [0.29, 0.717) is 42.5 Å². The van der Waals surface area contributed by atoms with Crippen LogP contribution in [0.2, 0.25) is 15.1 Å². The average Bonchev–Trinajstić information content (AvgIpc) is 3.12. The van der Waals surface area contributed by atoms with Gasteiger partial charge in [-0.15, -0.1) is 11.3 Å². The lowest BCUT2D eigenvalue weighted by molar-refractivity contribution is -0.115. The molecule has 0 aliphatic heterocycles. The number of nitrogens with zero attached hydrogens (tertiary/aromatic N) is 4. The third-order valence-electron chi connectivity index (χ3n) is 4.29. The normalized spacial score (nSPS) is 11.1. The Kier molecular flexibility index (Phi) is 5.79. The number of benzene rings is 2. The Hall–Kier alpha value is -2.45. The first-order valence-electron chi connectivity index (χ1n) is 8.68. The van der Waals surface area contributed by atoms with E-state index in [1.165, 1.54) is 40.1 Å². The van der Waals surface area contributed by atoms with Gasteiger partial charge in [0.05, 0.1) is 40.2 Å². The Morgan fingerprint density at radius 3 is 2.70 bits per heavy atom. The van der Waals surface area contributed by atoms with Gasteiger partial charge in [0.25, 0.3) is 5.56 Å². The van der Waals surface area contributed by atoms with E-state index in [1.54, 1.807) is 35.7 Å². The Morgan fingerprint density at radius 2 is 1.97 bits per heavy atom. The Balaban J connectivity index is 1.69. The van der Waals surface area contributed by atoms with Crippen LogP contribution in [-0.4, -0.2) is 20.4 Å². The van der Waals surface area contributed by atoms with E-state index < -0.39 is 0 Å². The number of amides is 1. The highest BCUT2D eigenvalue weighted by Crippen LogP contribution is 2.30. The monoisotopic (exact) mass is 478 g/mol. The zero-order valence-electron chi connectivity index (χ0n) is 15.5. The molecule has 30 heavy (non-hydrogen) atoms. The second-order valence-electron chi connectivity index (χ2n) is 6.42. The summed E-state index contributed by atoms with van der Waals surface area (Å²) in [5, 5.41) is 3.79. The fourth-order valence-corrected chi connectivity index (χ4v) is 4.60. The number of fused-ring (bicyclic) bond motifs is 1. The number of thiazole rings is 1. The van der Waals surface area contributed by atoms with Crippen LogP contribution in [0.5, 0.6) is 0 Å². The summed E-state index contributed by atoms with van der Waals surface area (Å²) < 4.78 is 1.42. The quantitative estimate of drug-likeness (QED) is 0.385. The van der Waals surface area contributed by atoms with Crippen molar-refractivity contribution >= 4 is 73.8 Å². The molecule has 0 saturated heterocycles. The molecule has 4 aromatic rings. The van der Waals surface area contributed by atoms with Gasteiger partial charge in [-0.2, -0.15) is 0 Å². The molecule has 4 rings (SSSR count). The van der Waals surface area contributed by atoms with E-state index in [1.807, 2.05) is 0 Å². The zero-order valence-corrected chi connectivity index (χ0v) is 18.6. The molecule has 0 bridgehead atoms. The summed E-state index contributed by atoms with van der Waals surface area (Å²) in [7, 11) is 0. The predicted octanol–water partition coefficient (Wildman–Crippen LogP) is 5.55. The van der Waals surface area contributed by atoms with Gasteiger partial charge in [0.15, 0.2) is 5.13 Å². The first-order chi connectivity index (χ1) is 14.3. The highest BCUT2D eigenvalue weighted by Gasteiger charge is 2.19. The molecule has 0 unspecified atom stereocenters. The molecular weight excluding hydrogens is 467 g/mol. The molecule has 0 radical (unpaired) electrons. The molecule has 10 heteroatoms. The molecule has 0 aliphatic carbocycles. The van der Waals surface area contributed by atoms with Crippen molar-refractivity contribution in [2.45, 2.75) is 13.5 Å². The first kappa shape index (κ1) is 20.8. The number of rotatable bonds is 4. The lowest BCUT2D eigenvalue weighted by Crippen LogP contribution is -2.23. The summed E-state index contributed by atoms with van der Waals surface area (Å²) in [6.45, 7) is 1.64. The summed E-state index contributed by atoms with van der Waals surface area (Å²) in [5.41, 5.74) is 1.34. The number of aromatic nitrogens is 3. The van der Waals surface area contributed by atoms with E-state index in [-0.39, 0.29) is 18.0 Å². The van der Waals surface area contributed by atoms with Gasteiger partial charge in [0.2, 0.25) is 5.91 Å². The molecule has 6 nitrogen and oxygen atoms in total. The van der Waals surface area contributed by atoms with Crippen molar-refractivity contribution < 1.29 is 4.79 Å². The standard InChI is InChI=1S/C20H13Cl3N4O2S/c1-11(28)27(15-4-2-3-12(21)5-15)20-25-14(9-30-20)8-26-10-24-18-16(19(26)29)6-13(22)7-17(18)23/h2-7,9-10H,8H2,1H3. The third kappa shape index (κ3) is 4.06. The van der Waals surface area contributed by atoms with E-state index >= 15 is 0 Å². The summed E-state index contributed by atoms with van der Waals surface area (Å²) in [5.74, 6) is -0.202. The number of halogens is 3. The van der Waals surface area contributed by atoms with Crippen LogP contribution in [-0.2, 0) is 11.3 Å². The van der Waals surface area contributed by atoms with Crippen LogP contribution < -0.4 is 10.5 Å². The number of carbonyl (C=O) groups excluding carboxylic acids is 1. The zero-order chi connectivity index (χ0) is 21.4. The molecule has 1 amide bonds. The molecular formula is C20H13Cl3N4O2S. The topological polar surface area (TPSA) is 68.1 Å². The summed E-state index contributed by atoms with van der Waals surface area (Å²) in [4.78, 5) is 35.4. The molecule has 152 valence electrons. The van der Waals surface area contributed by atoms with E-state index in [4.69, 9.17) is 34.8 Å². The van der Waals surface area contributed by atoms with Crippen LogP contribution in [0.25, 0.3) is 10.9 Å². The Labute approximate surface area is 190 Å². The van der Waals surface area contributed by atoms with E-state index in [0.717, 1.165) is 0 Å². The summed E-state index contributed by atoms with van der Waals surface area (Å²) >= 11 is 19.5. The van der Waals surface area contributed by atoms with Crippen LogP contribution in [0.4, 0.5) is 10.8 Å². The first-order valence-corrected chi connectivity index (χ1v) is 10.7. The fraction of sp³-hybridized carbons (Fsp3) is 0.100. The van der Waals surface area contributed by atoms with Gasteiger partial charge in [-0.1, -0.05) is 40.9 Å². The Morgan fingerprint density at radius 1 is 1.17 bits per heavy atom. The van der Waals surface area contributed by atoms with Crippen LogP contribution in [0, 0.1) is 0 Å². The molecule has 0 saturated carbocycles. The van der Waals surface area contributed by atoms with Crippen molar-refractivity contribution in [1.29, 1.82) is 0 Å². The van der Waals surface area contributed by atoms with E-state index in [2.05, 4.69) is 9.97 Å². The third-order valence-corrected chi connectivity index (χ3v) is 5.91. The van der Waals surface area contributed by atoms with Crippen LogP contribution in [0.3, 0.4) is 0 Å². The van der Waals surface area contributed by atoms with Crippen molar-refractivity contribution in [3.05, 3.63) is 79.2 Å². The molecule has 0 spiro atoms. The van der Waals surface area contributed by atoms with Crippen molar-refractivity contribution in [2.24, 2.45) is 0 Å². The van der Waals surface area contributed by atoms with Gasteiger partial charge in [-0.05, 0) is 30.3 Å². The maximum absolute atomic E-state index is 12.8. The minimum Gasteiger partial charge on any atom is -0.293 e. The van der Waals surface area contributed by atoms with Gasteiger partial charge in [0, 0.05) is 22.3 Å². The largest absolute Gasteiger partial charge is 0.293 e. The maximum atomic E-state index is 12.8. The molecule has 0 atom stereocenters. The van der Waals surface area contributed by atoms with Gasteiger partial charge < -0.3 is 0 Å². The predicted molar refractivity (Wildman–Crippen MR) is 122 cm³/mol. The van der Waals surface area contributed by atoms with E-state index in [9.17, 15) is 9.59 Å². The highest BCUT2D eigenvalue weighted by molar-refractivity contribution is 7.14.